The zero-order valence-electron chi connectivity index (χ0n) is 9.17. The molecule has 1 fully saturated rings. The molecule has 0 N–H and O–H groups in total. The van der Waals surface area contributed by atoms with Crippen molar-refractivity contribution in [3.63, 3.8) is 0 Å². The summed E-state index contributed by atoms with van der Waals surface area (Å²) in [5, 5.41) is 0. The van der Waals surface area contributed by atoms with Crippen molar-refractivity contribution in [2.45, 2.75) is 45.1 Å². The lowest BCUT2D eigenvalue weighted by atomic mass is 9.85. The monoisotopic (exact) mass is 214 g/mol. The van der Waals surface area contributed by atoms with Crippen LogP contribution in [0.4, 0.5) is 0 Å². The summed E-state index contributed by atoms with van der Waals surface area (Å²) in [6.07, 6.45) is 6.98. The first-order chi connectivity index (χ1) is 6.76. The molecule has 82 valence electrons. The second-order valence-corrected chi connectivity index (χ2v) is 4.60. The molecule has 0 aromatic heterocycles. The largest absolute Gasteiger partial charge is 0.374 e. The molecule has 1 nitrogen and oxygen atoms in total. The molecule has 0 aromatic carbocycles. The summed E-state index contributed by atoms with van der Waals surface area (Å²) in [4.78, 5) is 0. The first-order valence-corrected chi connectivity index (χ1v) is 6.28. The molecule has 2 unspecified atom stereocenters. The van der Waals surface area contributed by atoms with Gasteiger partial charge in [-0.3, -0.25) is 0 Å². The molecule has 2 atom stereocenters. The fraction of sp³-hybridized carbons (Fsp3) is 0.833. The Labute approximate surface area is 93.3 Å². The maximum Gasteiger partial charge on any atom is 0.0685 e. The first-order valence-electron chi connectivity index (χ1n) is 5.65. The van der Waals surface area contributed by atoms with E-state index in [0.29, 0.717) is 12.7 Å². The van der Waals surface area contributed by atoms with Gasteiger partial charge in [0.05, 0.1) is 12.7 Å². The Hall–Kier alpha value is 0.0500. The molecule has 1 saturated carbocycles. The van der Waals surface area contributed by atoms with Crippen LogP contribution in [-0.2, 0) is 4.74 Å². The Morgan fingerprint density at radius 3 is 2.93 bits per heavy atom. The van der Waals surface area contributed by atoms with Crippen molar-refractivity contribution in [1.29, 1.82) is 0 Å². The van der Waals surface area contributed by atoms with Crippen LogP contribution in [0.1, 0.15) is 39.0 Å². The van der Waals surface area contributed by atoms with Gasteiger partial charge in [0.15, 0.2) is 0 Å². The highest BCUT2D eigenvalue weighted by Gasteiger charge is 2.20. The average Bonchev–Trinajstić information content (AvgIpc) is 2.26. The Morgan fingerprint density at radius 1 is 1.50 bits per heavy atom. The van der Waals surface area contributed by atoms with E-state index in [9.17, 15) is 0 Å². The van der Waals surface area contributed by atoms with E-state index in [0.717, 1.165) is 17.2 Å². The Morgan fingerprint density at radius 2 is 2.29 bits per heavy atom. The summed E-state index contributed by atoms with van der Waals surface area (Å²) >= 11 is 4.17. The van der Waals surface area contributed by atoms with E-state index >= 15 is 0 Å². The lowest BCUT2D eigenvalue weighted by Gasteiger charge is -2.28. The number of thiol groups is 1. The van der Waals surface area contributed by atoms with Gasteiger partial charge in [0.1, 0.15) is 0 Å². The van der Waals surface area contributed by atoms with Crippen molar-refractivity contribution in [2.24, 2.45) is 5.92 Å². The van der Waals surface area contributed by atoms with Gasteiger partial charge in [-0.05, 0) is 24.3 Å². The summed E-state index contributed by atoms with van der Waals surface area (Å²) in [5.41, 5.74) is 1.09. The van der Waals surface area contributed by atoms with Crippen molar-refractivity contribution < 1.29 is 4.74 Å². The van der Waals surface area contributed by atoms with Crippen molar-refractivity contribution in [2.75, 3.05) is 12.4 Å². The van der Waals surface area contributed by atoms with Crippen LogP contribution in [0.15, 0.2) is 12.2 Å². The van der Waals surface area contributed by atoms with Gasteiger partial charge in [0.25, 0.3) is 0 Å². The van der Waals surface area contributed by atoms with E-state index in [-0.39, 0.29) is 0 Å². The molecule has 0 amide bonds. The van der Waals surface area contributed by atoms with Gasteiger partial charge in [-0.1, -0.05) is 32.8 Å². The molecule has 0 aromatic rings. The Bertz CT molecular complexity index is 179. The topological polar surface area (TPSA) is 9.23 Å². The minimum atomic E-state index is 0.477. The van der Waals surface area contributed by atoms with E-state index in [4.69, 9.17) is 4.74 Å². The lowest BCUT2D eigenvalue weighted by molar-refractivity contribution is 0.0254. The van der Waals surface area contributed by atoms with E-state index in [1.165, 1.54) is 32.1 Å². The molecular formula is C12H22OS. The van der Waals surface area contributed by atoms with Gasteiger partial charge in [-0.15, -0.1) is 0 Å². The minimum absolute atomic E-state index is 0.477. The molecule has 1 rings (SSSR count). The van der Waals surface area contributed by atoms with Crippen molar-refractivity contribution in [3.05, 3.63) is 12.2 Å². The number of hydrogen-bond donors (Lipinski definition) is 1. The molecule has 0 bridgehead atoms. The highest BCUT2D eigenvalue weighted by atomic mass is 32.1. The summed E-state index contributed by atoms with van der Waals surface area (Å²) in [6.45, 7) is 6.87. The third kappa shape index (κ3) is 4.05. The molecule has 0 radical (unpaired) electrons. The molecule has 0 spiro atoms. The molecule has 2 heteroatoms. The lowest BCUT2D eigenvalue weighted by Crippen LogP contribution is -2.23. The second kappa shape index (κ2) is 6.52. The van der Waals surface area contributed by atoms with Crippen LogP contribution in [0.5, 0.6) is 0 Å². The maximum absolute atomic E-state index is 5.82. The van der Waals surface area contributed by atoms with Gasteiger partial charge in [0, 0.05) is 5.75 Å². The van der Waals surface area contributed by atoms with Crippen molar-refractivity contribution in [1.82, 2.24) is 0 Å². The zero-order chi connectivity index (χ0) is 10.4. The van der Waals surface area contributed by atoms with Gasteiger partial charge < -0.3 is 4.74 Å². The Balaban J connectivity index is 2.20. The van der Waals surface area contributed by atoms with E-state index in [1.54, 1.807) is 0 Å². The highest BCUT2D eigenvalue weighted by Crippen LogP contribution is 2.28. The van der Waals surface area contributed by atoms with Crippen LogP contribution in [0.25, 0.3) is 0 Å². The van der Waals surface area contributed by atoms with Crippen LogP contribution >= 0.6 is 12.6 Å². The van der Waals surface area contributed by atoms with E-state index in [1.807, 2.05) is 0 Å². The smallest absolute Gasteiger partial charge is 0.0685 e. The molecular weight excluding hydrogens is 192 g/mol. The van der Waals surface area contributed by atoms with Gasteiger partial charge in [-0.2, -0.15) is 12.6 Å². The zero-order valence-corrected chi connectivity index (χ0v) is 10.1. The second-order valence-electron chi connectivity index (χ2n) is 4.28. The van der Waals surface area contributed by atoms with E-state index in [2.05, 4.69) is 26.1 Å². The summed E-state index contributed by atoms with van der Waals surface area (Å²) < 4.78 is 5.82. The fourth-order valence-corrected chi connectivity index (χ4v) is 2.14. The van der Waals surface area contributed by atoms with Crippen LogP contribution in [0.3, 0.4) is 0 Å². The number of ether oxygens (including phenoxy) is 1. The summed E-state index contributed by atoms with van der Waals surface area (Å²) in [5.74, 6) is 1.63. The van der Waals surface area contributed by atoms with Crippen LogP contribution in [0.2, 0.25) is 0 Å². The SMILES string of the molecule is C=C(CS)COC1CCCC(CC)C1. The van der Waals surface area contributed by atoms with Gasteiger partial charge in [-0.25, -0.2) is 0 Å². The van der Waals surface area contributed by atoms with Crippen molar-refractivity contribution in [3.8, 4) is 0 Å². The van der Waals surface area contributed by atoms with Crippen LogP contribution in [-0.4, -0.2) is 18.5 Å². The molecule has 0 heterocycles. The normalized spacial score (nSPS) is 27.6. The molecule has 1 aliphatic carbocycles. The quantitative estimate of drug-likeness (QED) is 0.545. The standard InChI is InChI=1S/C12H22OS/c1-3-11-5-4-6-12(7-11)13-8-10(2)9-14/h11-12,14H,2-9H2,1H3. The third-order valence-electron chi connectivity index (χ3n) is 3.06. The minimum Gasteiger partial charge on any atom is -0.374 e. The van der Waals surface area contributed by atoms with Crippen LogP contribution < -0.4 is 0 Å². The average molecular weight is 214 g/mol. The number of hydrogen-bond acceptors (Lipinski definition) is 2. The number of rotatable bonds is 5. The first kappa shape index (κ1) is 12.1. The van der Waals surface area contributed by atoms with Crippen molar-refractivity contribution >= 4 is 12.6 Å². The fourth-order valence-electron chi connectivity index (χ4n) is 2.05. The molecule has 14 heavy (non-hydrogen) atoms. The maximum atomic E-state index is 5.82. The third-order valence-corrected chi connectivity index (χ3v) is 3.51. The predicted molar refractivity (Wildman–Crippen MR) is 65.0 cm³/mol. The van der Waals surface area contributed by atoms with Gasteiger partial charge in [0.2, 0.25) is 0 Å². The molecule has 0 aliphatic heterocycles. The van der Waals surface area contributed by atoms with E-state index < -0.39 is 0 Å². The Kier molecular flexibility index (Phi) is 5.64. The molecule has 1 aliphatic rings. The molecule has 0 saturated heterocycles. The highest BCUT2D eigenvalue weighted by molar-refractivity contribution is 7.80. The summed E-state index contributed by atoms with van der Waals surface area (Å²) in [7, 11) is 0. The van der Waals surface area contributed by atoms with Crippen LogP contribution in [0, 0.1) is 5.92 Å². The predicted octanol–water partition coefficient (Wildman–Crippen LogP) is 3.46. The van der Waals surface area contributed by atoms with Gasteiger partial charge >= 0.3 is 0 Å². The summed E-state index contributed by atoms with van der Waals surface area (Å²) in [6, 6.07) is 0.